The molecule has 0 heterocycles. The molecular weight excluding hydrogens is 419 g/mol. The van der Waals surface area contributed by atoms with Crippen LogP contribution in [0.15, 0.2) is 42.0 Å². The largest absolute Gasteiger partial charge is 0.534 e. The van der Waals surface area contributed by atoms with Gasteiger partial charge in [-0.05, 0) is 52.9 Å². The van der Waals surface area contributed by atoms with Crippen LogP contribution in [0.5, 0.6) is 5.75 Å². The van der Waals surface area contributed by atoms with Crippen LogP contribution in [0, 0.1) is 11.3 Å². The fourth-order valence-corrected chi connectivity index (χ4v) is 4.52. The van der Waals surface area contributed by atoms with Gasteiger partial charge in [-0.2, -0.15) is 26.9 Å². The van der Waals surface area contributed by atoms with Crippen molar-refractivity contribution in [2.75, 3.05) is 0 Å². The molecule has 0 atom stereocenters. The van der Waals surface area contributed by atoms with Crippen molar-refractivity contribution in [2.45, 2.75) is 31.2 Å². The lowest BCUT2D eigenvalue weighted by Crippen LogP contribution is -2.30. The van der Waals surface area contributed by atoms with Crippen LogP contribution in [0.25, 0.3) is 5.57 Å². The Labute approximate surface area is 170 Å². The fraction of sp³-hybridized carbons (Fsp3) is 0.238. The molecule has 0 aromatic heterocycles. The topological polar surface area (TPSA) is 84.2 Å². The summed E-state index contributed by atoms with van der Waals surface area (Å²) in [6, 6.07) is 10.6. The van der Waals surface area contributed by atoms with Gasteiger partial charge < -0.3 is 4.18 Å². The Hall–Kier alpha value is -3.12. The summed E-state index contributed by atoms with van der Waals surface area (Å²) in [7, 11) is -5.85. The zero-order valence-corrected chi connectivity index (χ0v) is 16.6. The summed E-state index contributed by atoms with van der Waals surface area (Å²) < 4.78 is 64.8. The van der Waals surface area contributed by atoms with Crippen LogP contribution in [0.2, 0.25) is 0 Å². The van der Waals surface area contributed by atoms with Crippen LogP contribution >= 0.6 is 0 Å². The van der Waals surface area contributed by atoms with Gasteiger partial charge in [-0.1, -0.05) is 26.0 Å². The maximum absolute atomic E-state index is 13.3. The Bertz CT molecular complexity index is 1300. The quantitative estimate of drug-likeness (QED) is 0.522. The Morgan fingerprint density at radius 1 is 1.10 bits per heavy atom. The van der Waals surface area contributed by atoms with Crippen LogP contribution < -0.4 is 4.18 Å². The molecule has 0 bridgehead atoms. The van der Waals surface area contributed by atoms with Crippen LogP contribution in [0.1, 0.15) is 46.5 Å². The van der Waals surface area contributed by atoms with E-state index in [1.807, 2.05) is 13.8 Å². The Morgan fingerprint density at radius 3 is 2.43 bits per heavy atom. The monoisotopic (exact) mass is 433 g/mol. The van der Waals surface area contributed by atoms with E-state index in [-0.39, 0.29) is 5.56 Å². The molecule has 5 nitrogen and oxygen atoms in total. The van der Waals surface area contributed by atoms with Gasteiger partial charge in [0.25, 0.3) is 0 Å². The van der Waals surface area contributed by atoms with E-state index in [0.717, 1.165) is 23.3 Å². The van der Waals surface area contributed by atoms with Gasteiger partial charge in [0.05, 0.1) is 11.6 Å². The first kappa shape index (κ1) is 20.2. The number of hydrogen-bond acceptors (Lipinski definition) is 5. The SMILES string of the molecule is CC1(C)C2=C(C(=O)c3cc(OS(=O)(=O)C(F)(F)F)ccc31)c1ccc(C#N)cc1C2. The summed E-state index contributed by atoms with van der Waals surface area (Å²) in [6.45, 7) is 3.77. The number of benzene rings is 2. The molecule has 2 aromatic carbocycles. The van der Waals surface area contributed by atoms with Gasteiger partial charge in [0.2, 0.25) is 0 Å². The van der Waals surface area contributed by atoms with Gasteiger partial charge in [0, 0.05) is 16.6 Å². The Morgan fingerprint density at radius 2 is 1.80 bits per heavy atom. The lowest BCUT2D eigenvalue weighted by molar-refractivity contribution is -0.0500. The van der Waals surface area contributed by atoms with Crippen molar-refractivity contribution < 1.29 is 30.6 Å². The average Bonchev–Trinajstić information content (AvgIpc) is 3.05. The number of allylic oxidation sites excluding steroid dienone is 2. The minimum Gasteiger partial charge on any atom is -0.376 e. The Balaban J connectivity index is 1.82. The zero-order chi connectivity index (χ0) is 22.1. The first-order chi connectivity index (χ1) is 13.9. The molecule has 2 aliphatic rings. The third-order valence-corrected chi connectivity index (χ3v) is 6.53. The lowest BCUT2D eigenvalue weighted by atomic mass is 9.68. The normalized spacial score (nSPS) is 17.1. The number of Topliss-reactive ketones (excluding diaryl/α,β-unsaturated/α-hetero) is 1. The third-order valence-electron chi connectivity index (χ3n) is 5.55. The fourth-order valence-electron chi connectivity index (χ4n) is 4.07. The van der Waals surface area contributed by atoms with Gasteiger partial charge in [-0.25, -0.2) is 0 Å². The number of hydrogen-bond donors (Lipinski definition) is 0. The molecule has 0 spiro atoms. The number of alkyl halides is 3. The second-order valence-corrected chi connectivity index (χ2v) is 9.20. The average molecular weight is 433 g/mol. The molecular formula is C21H14F3NO4S. The van der Waals surface area contributed by atoms with Crippen LogP contribution in [-0.2, 0) is 22.0 Å². The highest BCUT2D eigenvalue weighted by Gasteiger charge is 2.49. The van der Waals surface area contributed by atoms with Crippen molar-refractivity contribution in [3.05, 3.63) is 69.8 Å². The number of nitriles is 1. The summed E-state index contributed by atoms with van der Waals surface area (Å²) in [5.74, 6) is -1.00. The van der Waals surface area contributed by atoms with Crippen molar-refractivity contribution in [2.24, 2.45) is 0 Å². The van der Waals surface area contributed by atoms with Crippen LogP contribution in [-0.4, -0.2) is 19.7 Å². The predicted octanol–water partition coefficient (Wildman–Crippen LogP) is 4.27. The maximum atomic E-state index is 13.3. The lowest BCUT2D eigenvalue weighted by Gasteiger charge is -2.34. The molecule has 4 rings (SSSR count). The number of fused-ring (bicyclic) bond motifs is 3. The van der Waals surface area contributed by atoms with Crippen LogP contribution in [0.3, 0.4) is 0 Å². The van der Waals surface area contributed by atoms with Crippen molar-refractivity contribution in [3.8, 4) is 11.8 Å². The Kier molecular flexibility index (Phi) is 4.16. The minimum atomic E-state index is -5.85. The molecule has 0 saturated heterocycles. The van der Waals surface area contributed by atoms with E-state index >= 15 is 0 Å². The predicted molar refractivity (Wildman–Crippen MR) is 101 cm³/mol. The molecule has 0 aliphatic heterocycles. The maximum Gasteiger partial charge on any atom is 0.534 e. The molecule has 0 saturated carbocycles. The van der Waals surface area contributed by atoms with E-state index in [1.54, 1.807) is 18.2 Å². The number of rotatable bonds is 2. The smallest absolute Gasteiger partial charge is 0.376 e. The van der Waals surface area contributed by atoms with E-state index in [4.69, 9.17) is 5.26 Å². The minimum absolute atomic E-state index is 0.0887. The van der Waals surface area contributed by atoms with Gasteiger partial charge in [-0.15, -0.1) is 0 Å². The molecule has 0 N–H and O–H groups in total. The summed E-state index contributed by atoms with van der Waals surface area (Å²) in [5, 5.41) is 9.13. The number of carbonyl (C=O) groups excluding carboxylic acids is 1. The van der Waals surface area contributed by atoms with Crippen LogP contribution in [0.4, 0.5) is 13.2 Å². The summed E-state index contributed by atoms with van der Waals surface area (Å²) in [5.41, 5.74) is -2.32. The van der Waals surface area contributed by atoms with Gasteiger partial charge in [0.1, 0.15) is 5.75 Å². The second kappa shape index (κ2) is 6.19. The molecule has 2 aliphatic carbocycles. The molecule has 0 radical (unpaired) electrons. The van der Waals surface area contributed by atoms with E-state index in [2.05, 4.69) is 10.3 Å². The van der Waals surface area contributed by atoms with Crippen molar-refractivity contribution in [1.82, 2.24) is 0 Å². The van der Waals surface area contributed by atoms with E-state index < -0.39 is 32.6 Å². The van der Waals surface area contributed by atoms with Crippen molar-refractivity contribution in [3.63, 3.8) is 0 Å². The highest BCUT2D eigenvalue weighted by Crippen LogP contribution is 2.50. The van der Waals surface area contributed by atoms with Crippen molar-refractivity contribution in [1.29, 1.82) is 5.26 Å². The number of halogens is 3. The highest BCUT2D eigenvalue weighted by molar-refractivity contribution is 7.88. The standard InChI is InChI=1S/C21H14F3NO4S/c1-20(2)16-6-4-13(29-30(27,28)21(22,23)24)9-15(16)19(26)18-14-5-3-11(10-25)7-12(14)8-17(18)20/h3-7,9H,8H2,1-2H3. The van der Waals surface area contributed by atoms with E-state index in [0.29, 0.717) is 28.7 Å². The summed E-state index contributed by atoms with van der Waals surface area (Å²) in [4.78, 5) is 13.3. The summed E-state index contributed by atoms with van der Waals surface area (Å²) >= 11 is 0. The molecule has 0 unspecified atom stereocenters. The molecule has 0 amide bonds. The molecule has 154 valence electrons. The van der Waals surface area contributed by atoms with E-state index in [9.17, 15) is 26.4 Å². The number of carbonyl (C=O) groups is 1. The first-order valence-corrected chi connectivity index (χ1v) is 10.2. The van der Waals surface area contributed by atoms with Gasteiger partial charge in [-0.3, -0.25) is 4.79 Å². The van der Waals surface area contributed by atoms with Crippen molar-refractivity contribution >= 4 is 21.5 Å². The zero-order valence-electron chi connectivity index (χ0n) is 15.8. The second-order valence-electron chi connectivity index (χ2n) is 7.66. The summed E-state index contributed by atoms with van der Waals surface area (Å²) in [6.07, 6.45) is 0.471. The van der Waals surface area contributed by atoms with Gasteiger partial charge in [0.15, 0.2) is 5.78 Å². The highest BCUT2D eigenvalue weighted by atomic mass is 32.2. The molecule has 9 heteroatoms. The first-order valence-electron chi connectivity index (χ1n) is 8.84. The van der Waals surface area contributed by atoms with Gasteiger partial charge >= 0.3 is 15.6 Å². The third kappa shape index (κ3) is 2.82. The molecule has 0 fully saturated rings. The molecule has 2 aromatic rings. The number of nitrogens with zero attached hydrogens (tertiary/aromatic N) is 1. The number of ketones is 1. The molecule has 30 heavy (non-hydrogen) atoms. The van der Waals surface area contributed by atoms with E-state index in [1.165, 1.54) is 6.07 Å².